The molecule has 0 bridgehead atoms. The normalized spacial score (nSPS) is 27.1. The van der Waals surface area contributed by atoms with Gasteiger partial charge in [0.1, 0.15) is 0 Å². The topological polar surface area (TPSA) is 26.0 Å². The Hall–Kier alpha value is -1.60. The Morgan fingerprint density at radius 2 is 1.93 bits per heavy atom. The molecule has 0 aliphatic heterocycles. The molecule has 2 aliphatic carbocycles. The minimum atomic E-state index is -0.384. The second-order valence-corrected chi connectivity index (χ2v) is 3.77. The Bertz CT molecular complexity index is 480. The highest BCUT2D eigenvalue weighted by molar-refractivity contribution is 5.74. The van der Waals surface area contributed by atoms with Gasteiger partial charge in [-0.05, 0) is 22.8 Å². The molecular weight excluding hydrogens is 170 g/mol. The molecular formula is C13H11N. The number of hydrogen-bond acceptors (Lipinski definition) is 1. The van der Waals surface area contributed by atoms with Gasteiger partial charge in [-0.2, -0.15) is 0 Å². The van der Waals surface area contributed by atoms with E-state index in [1.54, 1.807) is 0 Å². The zero-order valence-electron chi connectivity index (χ0n) is 7.77. The van der Waals surface area contributed by atoms with E-state index in [4.69, 9.17) is 5.73 Å². The first-order valence-corrected chi connectivity index (χ1v) is 4.77. The van der Waals surface area contributed by atoms with Crippen LogP contribution >= 0.6 is 0 Å². The Balaban J connectivity index is 2.30. The van der Waals surface area contributed by atoms with Crippen LogP contribution in [0.25, 0.3) is 6.08 Å². The number of fused-ring (bicyclic) bond motifs is 3. The quantitative estimate of drug-likeness (QED) is 0.653. The summed E-state index contributed by atoms with van der Waals surface area (Å²) in [6.07, 6.45) is 10.3. The first-order valence-electron chi connectivity index (χ1n) is 4.77. The van der Waals surface area contributed by atoms with E-state index < -0.39 is 0 Å². The summed E-state index contributed by atoms with van der Waals surface area (Å²) in [5.74, 6) is 0. The largest absolute Gasteiger partial charge is 0.314 e. The van der Waals surface area contributed by atoms with Crippen molar-refractivity contribution in [2.75, 3.05) is 0 Å². The summed E-state index contributed by atoms with van der Waals surface area (Å²) >= 11 is 0. The van der Waals surface area contributed by atoms with Gasteiger partial charge in [-0.25, -0.2) is 0 Å². The maximum Gasteiger partial charge on any atom is 0.0861 e. The Labute approximate surface area is 83.2 Å². The van der Waals surface area contributed by atoms with Gasteiger partial charge in [-0.3, -0.25) is 0 Å². The molecule has 0 spiro atoms. The standard InChI is InChI=1S/C13H11N/c14-13-8-4-3-6-11(13)9-10-5-1-2-7-12(10)13/h1-9H,14H2. The number of nitrogens with two attached hydrogens (primary N) is 1. The second-order valence-electron chi connectivity index (χ2n) is 3.77. The Morgan fingerprint density at radius 3 is 2.86 bits per heavy atom. The molecule has 2 N–H and O–H groups in total. The molecule has 1 atom stereocenters. The molecule has 0 saturated carbocycles. The van der Waals surface area contributed by atoms with E-state index in [1.807, 2.05) is 24.3 Å². The van der Waals surface area contributed by atoms with E-state index in [9.17, 15) is 0 Å². The van der Waals surface area contributed by atoms with E-state index in [1.165, 1.54) is 16.7 Å². The zero-order valence-corrected chi connectivity index (χ0v) is 7.77. The molecule has 0 radical (unpaired) electrons. The third-order valence-corrected chi connectivity index (χ3v) is 2.94. The van der Waals surface area contributed by atoms with Crippen molar-refractivity contribution in [3.8, 4) is 0 Å². The molecule has 1 aromatic rings. The third kappa shape index (κ3) is 0.824. The summed E-state index contributed by atoms with van der Waals surface area (Å²) in [7, 11) is 0. The predicted molar refractivity (Wildman–Crippen MR) is 58.6 cm³/mol. The molecule has 1 unspecified atom stereocenters. The highest BCUT2D eigenvalue weighted by atomic mass is 14.8. The van der Waals surface area contributed by atoms with Crippen LogP contribution < -0.4 is 5.73 Å². The van der Waals surface area contributed by atoms with Gasteiger partial charge >= 0.3 is 0 Å². The van der Waals surface area contributed by atoms with Gasteiger partial charge in [0.25, 0.3) is 0 Å². The second kappa shape index (κ2) is 2.46. The van der Waals surface area contributed by atoms with Crippen molar-refractivity contribution in [1.29, 1.82) is 0 Å². The molecule has 1 heteroatoms. The van der Waals surface area contributed by atoms with Crippen LogP contribution in [-0.2, 0) is 5.54 Å². The van der Waals surface area contributed by atoms with Crippen LogP contribution in [0.1, 0.15) is 11.1 Å². The molecule has 0 aromatic heterocycles. The molecule has 3 rings (SSSR count). The SMILES string of the molecule is NC12C=CC=CC1=Cc1ccccc12. The van der Waals surface area contributed by atoms with Crippen LogP contribution in [0, 0.1) is 0 Å². The van der Waals surface area contributed by atoms with Crippen molar-refractivity contribution in [1.82, 2.24) is 0 Å². The molecule has 0 fully saturated rings. The van der Waals surface area contributed by atoms with Crippen LogP contribution in [0.5, 0.6) is 0 Å². The lowest BCUT2D eigenvalue weighted by molar-refractivity contribution is 0.692. The fourth-order valence-corrected chi connectivity index (χ4v) is 2.18. The lowest BCUT2D eigenvalue weighted by Crippen LogP contribution is -2.34. The van der Waals surface area contributed by atoms with Crippen molar-refractivity contribution in [2.45, 2.75) is 5.54 Å². The summed E-state index contributed by atoms with van der Waals surface area (Å²) in [5.41, 5.74) is 9.61. The molecule has 1 nitrogen and oxygen atoms in total. The van der Waals surface area contributed by atoms with Crippen LogP contribution in [-0.4, -0.2) is 0 Å². The van der Waals surface area contributed by atoms with Gasteiger partial charge in [0, 0.05) is 0 Å². The predicted octanol–water partition coefficient (Wildman–Crippen LogP) is 2.36. The average Bonchev–Trinajstić information content (AvgIpc) is 2.51. The number of rotatable bonds is 0. The molecule has 68 valence electrons. The molecule has 0 amide bonds. The lowest BCUT2D eigenvalue weighted by Gasteiger charge is -2.26. The average molecular weight is 181 g/mol. The van der Waals surface area contributed by atoms with Gasteiger partial charge < -0.3 is 5.73 Å². The molecule has 14 heavy (non-hydrogen) atoms. The molecule has 0 heterocycles. The van der Waals surface area contributed by atoms with Crippen molar-refractivity contribution in [3.63, 3.8) is 0 Å². The van der Waals surface area contributed by atoms with Crippen LogP contribution in [0.3, 0.4) is 0 Å². The van der Waals surface area contributed by atoms with Crippen LogP contribution in [0.15, 0.2) is 54.1 Å². The van der Waals surface area contributed by atoms with Gasteiger partial charge in [-0.15, -0.1) is 0 Å². The van der Waals surface area contributed by atoms with Gasteiger partial charge in [0.05, 0.1) is 5.54 Å². The van der Waals surface area contributed by atoms with Gasteiger partial charge in [-0.1, -0.05) is 48.6 Å². The Kier molecular flexibility index (Phi) is 1.36. The van der Waals surface area contributed by atoms with Crippen molar-refractivity contribution < 1.29 is 0 Å². The van der Waals surface area contributed by atoms with E-state index >= 15 is 0 Å². The molecule has 0 saturated heterocycles. The van der Waals surface area contributed by atoms with Crippen LogP contribution in [0.2, 0.25) is 0 Å². The highest BCUT2D eigenvalue weighted by Gasteiger charge is 2.34. The molecule has 1 aromatic carbocycles. The van der Waals surface area contributed by atoms with Crippen LogP contribution in [0.4, 0.5) is 0 Å². The summed E-state index contributed by atoms with van der Waals surface area (Å²) in [6.45, 7) is 0. The van der Waals surface area contributed by atoms with Crippen molar-refractivity contribution >= 4 is 6.08 Å². The summed E-state index contributed by atoms with van der Waals surface area (Å²) in [6, 6.07) is 8.29. The smallest absolute Gasteiger partial charge is 0.0861 e. The third-order valence-electron chi connectivity index (χ3n) is 2.94. The summed E-state index contributed by atoms with van der Waals surface area (Å²) in [5, 5.41) is 0. The van der Waals surface area contributed by atoms with E-state index in [-0.39, 0.29) is 5.54 Å². The lowest BCUT2D eigenvalue weighted by atomic mass is 9.85. The minimum Gasteiger partial charge on any atom is -0.314 e. The van der Waals surface area contributed by atoms with E-state index in [2.05, 4.69) is 30.4 Å². The van der Waals surface area contributed by atoms with E-state index in [0.29, 0.717) is 0 Å². The van der Waals surface area contributed by atoms with Crippen molar-refractivity contribution in [3.05, 3.63) is 65.3 Å². The van der Waals surface area contributed by atoms with E-state index in [0.717, 1.165) is 0 Å². The minimum absolute atomic E-state index is 0.384. The van der Waals surface area contributed by atoms with Gasteiger partial charge in [0.2, 0.25) is 0 Å². The monoisotopic (exact) mass is 181 g/mol. The highest BCUT2D eigenvalue weighted by Crippen LogP contribution is 2.40. The fraction of sp³-hybridized carbons (Fsp3) is 0.0769. The first-order chi connectivity index (χ1) is 6.81. The number of benzene rings is 1. The Morgan fingerprint density at radius 1 is 1.07 bits per heavy atom. The zero-order chi connectivity index (χ0) is 9.60. The number of hydrogen-bond donors (Lipinski definition) is 1. The summed E-state index contributed by atoms with van der Waals surface area (Å²) < 4.78 is 0. The summed E-state index contributed by atoms with van der Waals surface area (Å²) in [4.78, 5) is 0. The maximum atomic E-state index is 6.37. The first kappa shape index (κ1) is 7.77. The van der Waals surface area contributed by atoms with Gasteiger partial charge in [0.15, 0.2) is 0 Å². The van der Waals surface area contributed by atoms with Crippen molar-refractivity contribution in [2.24, 2.45) is 5.73 Å². The molecule has 2 aliphatic rings. The fourth-order valence-electron chi connectivity index (χ4n) is 2.18. The number of allylic oxidation sites excluding steroid dienone is 2. The maximum absolute atomic E-state index is 6.37.